The second kappa shape index (κ2) is 10.2. The monoisotopic (exact) mass is 499 g/mol. The Morgan fingerprint density at radius 2 is 1.93 bits per heavy atom. The van der Waals surface area contributed by atoms with Crippen molar-refractivity contribution >= 4 is 29.9 Å². The molecule has 1 aliphatic rings. The molecule has 1 aromatic carbocycles. The first-order valence-electron chi connectivity index (χ1n) is 9.82. The molecule has 28 heavy (non-hydrogen) atoms. The molecule has 2 aromatic rings. The second-order valence-electron chi connectivity index (χ2n) is 7.41. The van der Waals surface area contributed by atoms with E-state index in [1.54, 1.807) is 12.1 Å². The van der Waals surface area contributed by atoms with Gasteiger partial charge in [-0.2, -0.15) is 5.10 Å². The van der Waals surface area contributed by atoms with E-state index in [9.17, 15) is 4.39 Å². The molecule has 2 N–H and O–H groups in total. The predicted molar refractivity (Wildman–Crippen MR) is 123 cm³/mol. The summed E-state index contributed by atoms with van der Waals surface area (Å²) in [4.78, 5) is 4.79. The lowest BCUT2D eigenvalue weighted by Crippen LogP contribution is -2.38. The number of hydrogen-bond donors (Lipinski definition) is 2. The van der Waals surface area contributed by atoms with Crippen LogP contribution in [0.3, 0.4) is 0 Å². The van der Waals surface area contributed by atoms with Gasteiger partial charge in [0.1, 0.15) is 5.82 Å². The van der Waals surface area contributed by atoms with Crippen LogP contribution in [-0.2, 0) is 12.0 Å². The van der Waals surface area contributed by atoms with E-state index in [1.165, 1.54) is 11.3 Å². The molecule has 7 heteroatoms. The second-order valence-corrected chi connectivity index (χ2v) is 7.41. The lowest BCUT2D eigenvalue weighted by Gasteiger charge is -2.16. The molecule has 0 atom stereocenters. The Labute approximate surface area is 184 Å². The van der Waals surface area contributed by atoms with E-state index in [-0.39, 0.29) is 35.2 Å². The van der Waals surface area contributed by atoms with Gasteiger partial charge in [0.05, 0.1) is 12.2 Å². The van der Waals surface area contributed by atoms with E-state index >= 15 is 0 Å². The van der Waals surface area contributed by atoms with Crippen LogP contribution in [0, 0.1) is 19.7 Å². The lowest BCUT2D eigenvalue weighted by molar-refractivity contribution is 0.554. The largest absolute Gasteiger partial charge is 0.357 e. The van der Waals surface area contributed by atoms with Crippen molar-refractivity contribution < 1.29 is 4.39 Å². The summed E-state index contributed by atoms with van der Waals surface area (Å²) in [5, 5.41) is 11.2. The molecule has 0 amide bonds. The van der Waals surface area contributed by atoms with Gasteiger partial charge in [-0.15, -0.1) is 24.0 Å². The fourth-order valence-electron chi connectivity index (χ4n) is 3.40. The summed E-state index contributed by atoms with van der Waals surface area (Å²) in [6.45, 7) is 9.47. The summed E-state index contributed by atoms with van der Waals surface area (Å²) in [7, 11) is 0. The molecule has 1 aliphatic carbocycles. The molecule has 3 rings (SSSR count). The lowest BCUT2D eigenvalue weighted by atomic mass is 9.96. The third-order valence-corrected chi connectivity index (χ3v) is 5.14. The zero-order valence-corrected chi connectivity index (χ0v) is 19.3. The zero-order chi connectivity index (χ0) is 19.3. The van der Waals surface area contributed by atoms with Crippen LogP contribution in [0.15, 0.2) is 35.3 Å². The van der Waals surface area contributed by atoms with E-state index in [2.05, 4.69) is 40.3 Å². The fourth-order valence-corrected chi connectivity index (χ4v) is 3.40. The summed E-state index contributed by atoms with van der Waals surface area (Å²) in [5.41, 5.74) is 3.53. The van der Waals surface area contributed by atoms with Gasteiger partial charge >= 0.3 is 0 Å². The minimum Gasteiger partial charge on any atom is -0.357 e. The molecule has 154 valence electrons. The average Bonchev–Trinajstić information content (AvgIpc) is 3.36. The van der Waals surface area contributed by atoms with E-state index in [1.807, 2.05) is 19.1 Å². The normalized spacial score (nSPS) is 15.1. The minimum atomic E-state index is -0.185. The van der Waals surface area contributed by atoms with E-state index in [0.717, 1.165) is 57.1 Å². The SMILES string of the molecule is CCNC(=NCC1(c2ccc(F)cc2)CC1)NCCCn1nc(C)cc1C.I. The Balaban J connectivity index is 0.00000280. The number of halogens is 2. The number of benzene rings is 1. The van der Waals surface area contributed by atoms with E-state index in [4.69, 9.17) is 4.99 Å². The maximum atomic E-state index is 13.2. The van der Waals surface area contributed by atoms with Crippen molar-refractivity contribution in [2.45, 2.75) is 52.0 Å². The molecule has 1 saturated carbocycles. The number of nitrogens with one attached hydrogen (secondary N) is 2. The number of hydrogen-bond acceptors (Lipinski definition) is 2. The van der Waals surface area contributed by atoms with Gasteiger partial charge in [0.2, 0.25) is 0 Å². The van der Waals surface area contributed by atoms with Crippen LogP contribution < -0.4 is 10.6 Å². The van der Waals surface area contributed by atoms with Crippen molar-refractivity contribution in [2.75, 3.05) is 19.6 Å². The summed E-state index contributed by atoms with van der Waals surface area (Å²) < 4.78 is 15.2. The van der Waals surface area contributed by atoms with Crippen LogP contribution >= 0.6 is 24.0 Å². The van der Waals surface area contributed by atoms with Crippen LogP contribution in [0.5, 0.6) is 0 Å². The molecule has 5 nitrogen and oxygen atoms in total. The maximum Gasteiger partial charge on any atom is 0.191 e. The quantitative estimate of drug-likeness (QED) is 0.251. The Morgan fingerprint density at radius 1 is 1.21 bits per heavy atom. The molecule has 1 heterocycles. The molecule has 0 saturated heterocycles. The van der Waals surface area contributed by atoms with Crippen molar-refractivity contribution in [3.05, 3.63) is 53.1 Å². The molecule has 0 aliphatic heterocycles. The number of rotatable bonds is 8. The van der Waals surface area contributed by atoms with Crippen LogP contribution in [0.1, 0.15) is 43.1 Å². The van der Waals surface area contributed by atoms with Gasteiger partial charge in [-0.3, -0.25) is 9.67 Å². The topological polar surface area (TPSA) is 54.2 Å². The smallest absolute Gasteiger partial charge is 0.191 e. The third kappa shape index (κ3) is 5.93. The van der Waals surface area contributed by atoms with Gasteiger partial charge in [-0.25, -0.2) is 4.39 Å². The zero-order valence-electron chi connectivity index (χ0n) is 17.0. The van der Waals surface area contributed by atoms with Crippen LogP contribution in [0.25, 0.3) is 0 Å². The van der Waals surface area contributed by atoms with E-state index < -0.39 is 0 Å². The Morgan fingerprint density at radius 3 is 2.50 bits per heavy atom. The highest BCUT2D eigenvalue weighted by Crippen LogP contribution is 2.48. The summed E-state index contributed by atoms with van der Waals surface area (Å²) in [5.74, 6) is 0.662. The third-order valence-electron chi connectivity index (χ3n) is 5.14. The highest BCUT2D eigenvalue weighted by atomic mass is 127. The molecular formula is C21H31FIN5. The van der Waals surface area contributed by atoms with Crippen molar-refractivity contribution in [2.24, 2.45) is 4.99 Å². The predicted octanol–water partition coefficient (Wildman–Crippen LogP) is 3.93. The first kappa shape index (κ1) is 22.6. The highest BCUT2D eigenvalue weighted by Gasteiger charge is 2.44. The van der Waals surface area contributed by atoms with Crippen molar-refractivity contribution in [3.63, 3.8) is 0 Å². The highest BCUT2D eigenvalue weighted by molar-refractivity contribution is 14.0. The molecule has 0 spiro atoms. The van der Waals surface area contributed by atoms with Gasteiger partial charge in [0.25, 0.3) is 0 Å². The fraction of sp³-hybridized carbons (Fsp3) is 0.524. The van der Waals surface area contributed by atoms with Crippen LogP contribution in [0.2, 0.25) is 0 Å². The van der Waals surface area contributed by atoms with Gasteiger partial charge in [-0.1, -0.05) is 12.1 Å². The Kier molecular flexibility index (Phi) is 8.27. The average molecular weight is 499 g/mol. The number of aromatic nitrogens is 2. The summed E-state index contributed by atoms with van der Waals surface area (Å²) in [6.07, 6.45) is 3.20. The Bertz CT molecular complexity index is 781. The standard InChI is InChI=1S/C21H30FN5.HI/c1-4-23-20(24-12-5-13-27-17(3)14-16(2)26-27)25-15-21(10-11-21)18-6-8-19(22)9-7-18;/h6-9,14H,4-5,10-13,15H2,1-3H3,(H2,23,24,25);1H. The first-order chi connectivity index (χ1) is 13.0. The number of guanidine groups is 1. The van der Waals surface area contributed by atoms with Gasteiger partial charge < -0.3 is 10.6 Å². The minimum absolute atomic E-state index is 0. The van der Waals surface area contributed by atoms with Crippen molar-refractivity contribution in [3.8, 4) is 0 Å². The van der Waals surface area contributed by atoms with Gasteiger partial charge in [0, 0.05) is 30.7 Å². The molecule has 0 bridgehead atoms. The first-order valence-corrected chi connectivity index (χ1v) is 9.82. The van der Waals surface area contributed by atoms with Gasteiger partial charge in [0.15, 0.2) is 5.96 Å². The van der Waals surface area contributed by atoms with E-state index in [0.29, 0.717) is 0 Å². The summed E-state index contributed by atoms with van der Waals surface area (Å²) in [6, 6.07) is 8.98. The number of aryl methyl sites for hydroxylation is 3. The number of nitrogens with zero attached hydrogens (tertiary/aromatic N) is 3. The molecule has 1 fully saturated rings. The number of aliphatic imine (C=N–C) groups is 1. The molecule has 1 aromatic heterocycles. The van der Waals surface area contributed by atoms with Crippen molar-refractivity contribution in [1.29, 1.82) is 0 Å². The molecule has 0 radical (unpaired) electrons. The van der Waals surface area contributed by atoms with Crippen molar-refractivity contribution in [1.82, 2.24) is 20.4 Å². The summed E-state index contributed by atoms with van der Waals surface area (Å²) >= 11 is 0. The Hall–Kier alpha value is -1.64. The van der Waals surface area contributed by atoms with Gasteiger partial charge in [-0.05, 0) is 63.8 Å². The van der Waals surface area contributed by atoms with Crippen LogP contribution in [0.4, 0.5) is 4.39 Å². The molecule has 0 unspecified atom stereocenters. The maximum absolute atomic E-state index is 13.2. The molecular weight excluding hydrogens is 468 g/mol. The van der Waals surface area contributed by atoms with Crippen LogP contribution in [-0.4, -0.2) is 35.4 Å².